The first kappa shape index (κ1) is 22.6. The normalized spacial score (nSPS) is 18.6. The molecule has 1 atom stereocenters. The van der Waals surface area contributed by atoms with Gasteiger partial charge in [-0.05, 0) is 36.6 Å². The van der Waals surface area contributed by atoms with Crippen molar-refractivity contribution in [2.24, 2.45) is 4.99 Å². The second-order valence-corrected chi connectivity index (χ2v) is 10.2. The molecule has 1 fully saturated rings. The van der Waals surface area contributed by atoms with Gasteiger partial charge in [0, 0.05) is 54.2 Å². The summed E-state index contributed by atoms with van der Waals surface area (Å²) >= 11 is 1.48. The lowest BCUT2D eigenvalue weighted by Gasteiger charge is -2.31. The first-order chi connectivity index (χ1) is 17.5. The lowest BCUT2D eigenvalue weighted by atomic mass is 9.94. The number of anilines is 1. The fourth-order valence-electron chi connectivity index (χ4n) is 4.99. The Labute approximate surface area is 212 Å². The van der Waals surface area contributed by atoms with E-state index >= 15 is 0 Å². The number of likely N-dealkylation sites (tertiary alicyclic amines) is 1. The number of nitrogens with one attached hydrogen (secondary N) is 1. The number of ether oxygens (including phenoxy) is 1. The van der Waals surface area contributed by atoms with E-state index in [1.165, 1.54) is 11.3 Å². The first-order valence-corrected chi connectivity index (χ1v) is 12.9. The molecule has 36 heavy (non-hydrogen) atoms. The molecule has 0 saturated carbocycles. The highest BCUT2D eigenvalue weighted by Gasteiger charge is 2.29. The number of piperidine rings is 1. The summed E-state index contributed by atoms with van der Waals surface area (Å²) in [7, 11) is 0. The van der Waals surface area contributed by atoms with Crippen LogP contribution < -0.4 is 5.32 Å². The average Bonchev–Trinajstić information content (AvgIpc) is 3.64. The Morgan fingerprint density at radius 2 is 1.97 bits per heavy atom. The molecule has 2 amide bonds. The Kier molecular flexibility index (Phi) is 5.85. The largest absolute Gasteiger partial charge is 0.457 e. The SMILES string of the molecule is O=C(Nc1ccc2c(c1)C(=O)OC2)c1csc(C2CCN(C(=O)CC3C=Nc4ccccc43)CC2)n1. The molecule has 3 aromatic rings. The Morgan fingerprint density at radius 3 is 2.83 bits per heavy atom. The van der Waals surface area contributed by atoms with E-state index in [0.717, 1.165) is 34.7 Å². The van der Waals surface area contributed by atoms with Gasteiger partial charge in [0.1, 0.15) is 12.3 Å². The van der Waals surface area contributed by atoms with Gasteiger partial charge in [-0.1, -0.05) is 24.3 Å². The molecule has 1 aromatic heterocycles. The Balaban J connectivity index is 1.03. The second-order valence-electron chi connectivity index (χ2n) is 9.28. The number of aliphatic imine (C=N–C) groups is 1. The summed E-state index contributed by atoms with van der Waals surface area (Å²) in [6, 6.07) is 13.2. The maximum absolute atomic E-state index is 12.9. The van der Waals surface area contributed by atoms with Crippen molar-refractivity contribution in [2.75, 3.05) is 18.4 Å². The molecule has 1 N–H and O–H groups in total. The molecule has 0 bridgehead atoms. The van der Waals surface area contributed by atoms with Gasteiger partial charge >= 0.3 is 5.97 Å². The number of thiazole rings is 1. The number of rotatable bonds is 5. The van der Waals surface area contributed by atoms with Gasteiger partial charge in [-0.15, -0.1) is 11.3 Å². The van der Waals surface area contributed by atoms with Crippen molar-refractivity contribution in [2.45, 2.75) is 37.7 Å². The van der Waals surface area contributed by atoms with Gasteiger partial charge in [-0.25, -0.2) is 9.78 Å². The van der Waals surface area contributed by atoms with Gasteiger partial charge in [-0.2, -0.15) is 0 Å². The predicted molar refractivity (Wildman–Crippen MR) is 136 cm³/mol. The third kappa shape index (κ3) is 4.30. The lowest BCUT2D eigenvalue weighted by Crippen LogP contribution is -2.38. The van der Waals surface area contributed by atoms with Crippen LogP contribution in [-0.2, 0) is 16.1 Å². The highest BCUT2D eigenvalue weighted by molar-refractivity contribution is 7.10. The third-order valence-corrected chi connectivity index (χ3v) is 8.03. The van der Waals surface area contributed by atoms with Gasteiger partial charge in [-0.3, -0.25) is 14.6 Å². The van der Waals surface area contributed by atoms with Crippen LogP contribution in [0.3, 0.4) is 0 Å². The summed E-state index contributed by atoms with van der Waals surface area (Å²) < 4.78 is 5.02. The zero-order valence-corrected chi connectivity index (χ0v) is 20.3. The van der Waals surface area contributed by atoms with E-state index in [-0.39, 0.29) is 36.2 Å². The van der Waals surface area contributed by atoms with E-state index in [1.54, 1.807) is 23.6 Å². The smallest absolute Gasteiger partial charge is 0.338 e. The van der Waals surface area contributed by atoms with Gasteiger partial charge in [0.25, 0.3) is 5.91 Å². The molecule has 0 spiro atoms. The minimum Gasteiger partial charge on any atom is -0.457 e. The van der Waals surface area contributed by atoms with Gasteiger partial charge in [0.05, 0.1) is 16.3 Å². The van der Waals surface area contributed by atoms with Crippen molar-refractivity contribution in [1.82, 2.24) is 9.88 Å². The van der Waals surface area contributed by atoms with Crippen molar-refractivity contribution < 1.29 is 19.1 Å². The molecule has 9 heteroatoms. The van der Waals surface area contributed by atoms with Crippen molar-refractivity contribution in [3.63, 3.8) is 0 Å². The van der Waals surface area contributed by atoms with E-state index in [4.69, 9.17) is 4.74 Å². The summed E-state index contributed by atoms with van der Waals surface area (Å²) in [5, 5.41) is 5.50. The lowest BCUT2D eigenvalue weighted by molar-refractivity contribution is -0.132. The zero-order chi connectivity index (χ0) is 24.6. The number of esters is 1. The number of hydrogen-bond donors (Lipinski definition) is 1. The molecule has 2 aromatic carbocycles. The quantitative estimate of drug-likeness (QED) is 0.514. The fraction of sp³-hybridized carbons (Fsp3) is 0.296. The maximum atomic E-state index is 12.9. The number of hydrogen-bond acceptors (Lipinski definition) is 7. The Hall–Kier alpha value is -3.85. The number of nitrogens with zero attached hydrogens (tertiary/aromatic N) is 3. The number of fused-ring (bicyclic) bond motifs is 2. The monoisotopic (exact) mass is 500 g/mol. The molecule has 0 aliphatic carbocycles. The minimum absolute atomic E-state index is 0.0442. The van der Waals surface area contributed by atoms with Crippen molar-refractivity contribution in [1.29, 1.82) is 0 Å². The van der Waals surface area contributed by atoms with E-state index in [0.29, 0.717) is 36.5 Å². The number of carbonyl (C=O) groups excluding carboxylic acids is 3. The van der Waals surface area contributed by atoms with Crippen molar-refractivity contribution >= 4 is 46.7 Å². The van der Waals surface area contributed by atoms with E-state index in [1.807, 2.05) is 35.4 Å². The summed E-state index contributed by atoms with van der Waals surface area (Å²) in [6.45, 7) is 1.63. The minimum atomic E-state index is -0.372. The summed E-state index contributed by atoms with van der Waals surface area (Å²) in [5.74, 6) is -0.260. The number of benzene rings is 2. The highest BCUT2D eigenvalue weighted by atomic mass is 32.1. The Morgan fingerprint density at radius 1 is 1.14 bits per heavy atom. The van der Waals surface area contributed by atoms with Crippen LogP contribution in [0.4, 0.5) is 11.4 Å². The van der Waals surface area contributed by atoms with Gasteiger partial charge in [0.2, 0.25) is 5.91 Å². The molecule has 1 saturated heterocycles. The fourth-order valence-corrected chi connectivity index (χ4v) is 5.96. The topological polar surface area (TPSA) is 101 Å². The van der Waals surface area contributed by atoms with Crippen LogP contribution in [0.25, 0.3) is 0 Å². The summed E-state index contributed by atoms with van der Waals surface area (Å²) in [6.07, 6.45) is 3.96. The third-order valence-electron chi connectivity index (χ3n) is 7.02. The molecule has 4 heterocycles. The molecule has 3 aliphatic heterocycles. The second kappa shape index (κ2) is 9.31. The van der Waals surface area contributed by atoms with Gasteiger partial charge in [0.15, 0.2) is 0 Å². The number of aromatic nitrogens is 1. The molecule has 182 valence electrons. The van der Waals surface area contributed by atoms with Crippen LogP contribution in [-0.4, -0.2) is 47.0 Å². The number of para-hydroxylation sites is 1. The number of amides is 2. The Bertz CT molecular complexity index is 1390. The zero-order valence-electron chi connectivity index (χ0n) is 19.5. The number of carbonyl (C=O) groups is 3. The van der Waals surface area contributed by atoms with Crippen LogP contribution in [0, 0.1) is 0 Å². The molecular formula is C27H24N4O4S. The van der Waals surface area contributed by atoms with Crippen LogP contribution in [0.2, 0.25) is 0 Å². The van der Waals surface area contributed by atoms with Crippen molar-refractivity contribution in [3.8, 4) is 0 Å². The average molecular weight is 501 g/mol. The summed E-state index contributed by atoms with van der Waals surface area (Å²) in [4.78, 5) is 48.4. The molecule has 3 aliphatic rings. The molecular weight excluding hydrogens is 476 g/mol. The molecule has 6 rings (SSSR count). The molecule has 0 radical (unpaired) electrons. The number of cyclic esters (lactones) is 1. The molecule has 1 unspecified atom stereocenters. The predicted octanol–water partition coefficient (Wildman–Crippen LogP) is 4.66. The summed E-state index contributed by atoms with van der Waals surface area (Å²) in [5.41, 5.74) is 4.27. The standard InChI is InChI=1S/C27H24N4O4S/c32-24(11-18-13-28-22-4-2-1-3-20(18)22)31-9-7-16(8-10-31)26-30-23(15-36-26)25(33)29-19-6-5-17-14-35-27(34)21(17)12-19/h1-6,12-13,15-16,18H,7-11,14H2,(H,29,33). The van der Waals surface area contributed by atoms with E-state index < -0.39 is 0 Å². The van der Waals surface area contributed by atoms with Crippen molar-refractivity contribution in [3.05, 3.63) is 75.2 Å². The highest BCUT2D eigenvalue weighted by Crippen LogP contribution is 2.35. The van der Waals surface area contributed by atoms with E-state index in [9.17, 15) is 14.4 Å². The maximum Gasteiger partial charge on any atom is 0.338 e. The van der Waals surface area contributed by atoms with Crippen LogP contribution in [0.15, 0.2) is 52.8 Å². The van der Waals surface area contributed by atoms with Gasteiger partial charge < -0.3 is 15.0 Å². The van der Waals surface area contributed by atoms with Crippen LogP contribution >= 0.6 is 11.3 Å². The first-order valence-electron chi connectivity index (χ1n) is 12.0. The van der Waals surface area contributed by atoms with E-state index in [2.05, 4.69) is 15.3 Å². The van der Waals surface area contributed by atoms with Crippen LogP contribution in [0.1, 0.15) is 68.1 Å². The molecule has 8 nitrogen and oxygen atoms in total. The van der Waals surface area contributed by atoms with Crippen LogP contribution in [0.5, 0.6) is 0 Å².